The van der Waals surface area contributed by atoms with E-state index in [4.69, 9.17) is 10.5 Å². The maximum Gasteiger partial charge on any atom is 0.165 e. The van der Waals surface area contributed by atoms with E-state index in [0.29, 0.717) is 5.56 Å². The minimum atomic E-state index is -0.643. The topological polar surface area (TPSA) is 55.5 Å². The lowest BCUT2D eigenvalue weighted by Gasteiger charge is -2.31. The Balaban J connectivity index is 0.00000200. The number of hydrogen-bond donors (Lipinski definition) is 2. The van der Waals surface area contributed by atoms with Gasteiger partial charge in [0, 0.05) is 5.56 Å². The van der Waals surface area contributed by atoms with Gasteiger partial charge in [-0.25, -0.2) is 4.39 Å². The fourth-order valence-electron chi connectivity index (χ4n) is 2.96. The molecule has 1 aromatic rings. The third kappa shape index (κ3) is 3.62. The summed E-state index contributed by atoms with van der Waals surface area (Å²) in [5, 5.41) is 10.4. The second kappa shape index (κ2) is 7.81. The van der Waals surface area contributed by atoms with Gasteiger partial charge < -0.3 is 15.6 Å². The highest BCUT2D eigenvalue weighted by Gasteiger charge is 2.29. The van der Waals surface area contributed by atoms with Crippen LogP contribution in [0.3, 0.4) is 0 Å². The van der Waals surface area contributed by atoms with E-state index < -0.39 is 18.0 Å². The third-order valence-electron chi connectivity index (χ3n) is 4.06. The number of rotatable bonds is 4. The lowest BCUT2D eigenvalue weighted by Crippen LogP contribution is -2.34. The van der Waals surface area contributed by atoms with Crippen molar-refractivity contribution in [2.45, 2.75) is 44.2 Å². The van der Waals surface area contributed by atoms with Crippen molar-refractivity contribution in [3.05, 3.63) is 29.6 Å². The van der Waals surface area contributed by atoms with Crippen LogP contribution >= 0.6 is 12.4 Å². The molecular weight excluding hydrogens is 281 g/mol. The number of para-hydroxylation sites is 1. The van der Waals surface area contributed by atoms with E-state index in [1.807, 2.05) is 0 Å². The number of benzene rings is 1. The smallest absolute Gasteiger partial charge is 0.165 e. The molecule has 20 heavy (non-hydrogen) atoms. The van der Waals surface area contributed by atoms with Crippen molar-refractivity contribution >= 4 is 12.4 Å². The van der Waals surface area contributed by atoms with Crippen LogP contribution in [0.2, 0.25) is 0 Å². The summed E-state index contributed by atoms with van der Waals surface area (Å²) in [7, 11) is 1.42. The van der Waals surface area contributed by atoms with Gasteiger partial charge in [-0.2, -0.15) is 0 Å². The monoisotopic (exact) mass is 303 g/mol. The molecule has 5 heteroatoms. The number of methoxy groups -OCH3 is 1. The summed E-state index contributed by atoms with van der Waals surface area (Å²) in [6.07, 6.45) is 4.83. The minimum Gasteiger partial charge on any atom is -0.493 e. The molecule has 0 amide bonds. The molecule has 114 valence electrons. The maximum atomic E-state index is 13.7. The van der Waals surface area contributed by atoms with Crippen molar-refractivity contribution in [3.63, 3.8) is 0 Å². The highest BCUT2D eigenvalue weighted by atomic mass is 35.5. The number of aliphatic hydroxyl groups excluding tert-OH is 1. The zero-order valence-corrected chi connectivity index (χ0v) is 12.5. The quantitative estimate of drug-likeness (QED) is 0.898. The van der Waals surface area contributed by atoms with Crippen LogP contribution in [0.25, 0.3) is 0 Å². The number of ether oxygens (including phenoxy) is 1. The SMILES string of the molecule is COc1c(F)cccc1[C@H](N)[C@H](O)C1CCCCC1.Cl. The summed E-state index contributed by atoms with van der Waals surface area (Å²) in [6, 6.07) is 4.05. The molecule has 1 aliphatic carbocycles. The molecule has 1 saturated carbocycles. The van der Waals surface area contributed by atoms with Crippen LogP contribution in [0.1, 0.15) is 43.7 Å². The normalized spacial score (nSPS) is 19.0. The van der Waals surface area contributed by atoms with Crippen molar-refractivity contribution < 1.29 is 14.2 Å². The Morgan fingerprint density at radius 2 is 1.95 bits per heavy atom. The summed E-state index contributed by atoms with van der Waals surface area (Å²) >= 11 is 0. The average molecular weight is 304 g/mol. The Bertz CT molecular complexity index is 424. The Morgan fingerprint density at radius 3 is 2.55 bits per heavy atom. The molecule has 0 bridgehead atoms. The molecule has 1 aromatic carbocycles. The predicted octanol–water partition coefficient (Wildman–Crippen LogP) is 3.20. The van der Waals surface area contributed by atoms with Crippen LogP contribution in [0.15, 0.2) is 18.2 Å². The summed E-state index contributed by atoms with van der Waals surface area (Å²) in [5.74, 6) is -0.0899. The molecule has 2 rings (SSSR count). The highest BCUT2D eigenvalue weighted by Crippen LogP contribution is 2.35. The van der Waals surface area contributed by atoms with Crippen LogP contribution in [-0.2, 0) is 0 Å². The second-order valence-corrected chi connectivity index (χ2v) is 5.28. The van der Waals surface area contributed by atoms with Gasteiger partial charge in [-0.3, -0.25) is 0 Å². The van der Waals surface area contributed by atoms with E-state index in [0.717, 1.165) is 25.7 Å². The molecule has 0 radical (unpaired) electrons. The fourth-order valence-corrected chi connectivity index (χ4v) is 2.96. The zero-order valence-electron chi connectivity index (χ0n) is 11.7. The first-order chi connectivity index (χ1) is 9.15. The lowest BCUT2D eigenvalue weighted by atomic mass is 9.81. The van der Waals surface area contributed by atoms with Gasteiger partial charge in [0.05, 0.1) is 19.3 Å². The highest BCUT2D eigenvalue weighted by molar-refractivity contribution is 5.85. The summed E-state index contributed by atoms with van der Waals surface area (Å²) in [4.78, 5) is 0. The van der Waals surface area contributed by atoms with Gasteiger partial charge in [0.25, 0.3) is 0 Å². The summed E-state index contributed by atoms with van der Waals surface area (Å²) in [5.41, 5.74) is 6.66. The third-order valence-corrected chi connectivity index (χ3v) is 4.06. The molecule has 0 unspecified atom stereocenters. The first kappa shape index (κ1) is 17.2. The average Bonchev–Trinajstić information content (AvgIpc) is 2.46. The fraction of sp³-hybridized carbons (Fsp3) is 0.600. The summed E-state index contributed by atoms with van der Waals surface area (Å²) < 4.78 is 18.7. The molecule has 0 aliphatic heterocycles. The first-order valence-corrected chi connectivity index (χ1v) is 6.91. The zero-order chi connectivity index (χ0) is 13.8. The Hall–Kier alpha value is -0.840. The molecule has 3 N–H and O–H groups in total. The van der Waals surface area contributed by atoms with Crippen molar-refractivity contribution in [1.29, 1.82) is 0 Å². The molecule has 3 nitrogen and oxygen atoms in total. The second-order valence-electron chi connectivity index (χ2n) is 5.28. The van der Waals surface area contributed by atoms with Gasteiger partial charge in [0.15, 0.2) is 11.6 Å². The van der Waals surface area contributed by atoms with Gasteiger partial charge in [0.1, 0.15) is 0 Å². The maximum absolute atomic E-state index is 13.7. The van der Waals surface area contributed by atoms with Crippen LogP contribution in [-0.4, -0.2) is 18.3 Å². The van der Waals surface area contributed by atoms with Gasteiger partial charge >= 0.3 is 0 Å². The van der Waals surface area contributed by atoms with E-state index in [1.54, 1.807) is 12.1 Å². The molecule has 0 saturated heterocycles. The number of halogens is 2. The number of nitrogens with two attached hydrogens (primary N) is 1. The Morgan fingerprint density at radius 1 is 1.30 bits per heavy atom. The van der Waals surface area contributed by atoms with Crippen LogP contribution < -0.4 is 10.5 Å². The standard InChI is InChI=1S/C15H22FNO2.ClH/c1-19-15-11(8-5-9-12(15)16)13(17)14(18)10-6-3-2-4-7-10;/h5,8-10,13-14,18H,2-4,6-7,17H2,1H3;1H/t13-,14+;/m0./s1. The Kier molecular flexibility index (Phi) is 6.72. The van der Waals surface area contributed by atoms with E-state index in [1.165, 1.54) is 19.6 Å². The van der Waals surface area contributed by atoms with Crippen LogP contribution in [0.4, 0.5) is 4.39 Å². The molecule has 0 spiro atoms. The van der Waals surface area contributed by atoms with E-state index >= 15 is 0 Å². The molecule has 1 aliphatic rings. The van der Waals surface area contributed by atoms with E-state index in [2.05, 4.69) is 0 Å². The molecule has 2 atom stereocenters. The van der Waals surface area contributed by atoms with Gasteiger partial charge in [-0.15, -0.1) is 12.4 Å². The molecule has 0 aromatic heterocycles. The minimum absolute atomic E-state index is 0. The number of aliphatic hydroxyl groups is 1. The molecular formula is C15H23ClFNO2. The largest absolute Gasteiger partial charge is 0.493 e. The molecule has 0 heterocycles. The Labute approximate surface area is 125 Å². The van der Waals surface area contributed by atoms with E-state index in [9.17, 15) is 9.50 Å². The summed E-state index contributed by atoms with van der Waals surface area (Å²) in [6.45, 7) is 0. The van der Waals surface area contributed by atoms with Crippen LogP contribution in [0, 0.1) is 11.7 Å². The molecule has 1 fully saturated rings. The first-order valence-electron chi connectivity index (χ1n) is 6.91. The van der Waals surface area contributed by atoms with Gasteiger partial charge in [0.2, 0.25) is 0 Å². The lowest BCUT2D eigenvalue weighted by molar-refractivity contribution is 0.0609. The predicted molar refractivity (Wildman–Crippen MR) is 79.7 cm³/mol. The van der Waals surface area contributed by atoms with Gasteiger partial charge in [-0.05, 0) is 24.8 Å². The van der Waals surface area contributed by atoms with Crippen molar-refractivity contribution in [3.8, 4) is 5.75 Å². The van der Waals surface area contributed by atoms with Crippen molar-refractivity contribution in [2.24, 2.45) is 11.7 Å². The van der Waals surface area contributed by atoms with Gasteiger partial charge in [-0.1, -0.05) is 31.4 Å². The van der Waals surface area contributed by atoms with E-state index in [-0.39, 0.29) is 24.1 Å². The number of hydrogen-bond acceptors (Lipinski definition) is 3. The van der Waals surface area contributed by atoms with Crippen LogP contribution in [0.5, 0.6) is 5.75 Å². The van der Waals surface area contributed by atoms with Crippen molar-refractivity contribution in [2.75, 3.05) is 7.11 Å². The van der Waals surface area contributed by atoms with Crippen molar-refractivity contribution in [1.82, 2.24) is 0 Å².